The third-order valence-electron chi connectivity index (χ3n) is 10.5. The fourth-order valence-corrected chi connectivity index (χ4v) is 7.75. The molecule has 250 valence electrons. The highest BCUT2D eigenvalue weighted by atomic mass is 14.9. The van der Waals surface area contributed by atoms with Crippen molar-refractivity contribution in [1.82, 2.24) is 9.97 Å². The van der Waals surface area contributed by atoms with Crippen LogP contribution in [0.15, 0.2) is 176 Å². The molecule has 0 N–H and O–H groups in total. The van der Waals surface area contributed by atoms with Gasteiger partial charge in [0.1, 0.15) is 0 Å². The first-order valence-electron chi connectivity index (χ1n) is 17.9. The molecule has 53 heavy (non-hydrogen) atoms. The van der Waals surface area contributed by atoms with Gasteiger partial charge < -0.3 is 0 Å². The summed E-state index contributed by atoms with van der Waals surface area (Å²) in [4.78, 5) is 14.4. The van der Waals surface area contributed by atoms with Gasteiger partial charge in [0, 0.05) is 22.1 Å². The van der Waals surface area contributed by atoms with E-state index in [1.807, 2.05) is 30.3 Å². The molecule has 0 amide bonds. The van der Waals surface area contributed by atoms with Gasteiger partial charge in [0.25, 0.3) is 0 Å². The first-order chi connectivity index (χ1) is 26.0. The van der Waals surface area contributed by atoms with Gasteiger partial charge >= 0.3 is 0 Å². The summed E-state index contributed by atoms with van der Waals surface area (Å²) in [6.45, 7) is 12.4. The first-order valence-corrected chi connectivity index (χ1v) is 17.9. The van der Waals surface area contributed by atoms with E-state index in [4.69, 9.17) is 16.5 Å². The summed E-state index contributed by atoms with van der Waals surface area (Å²) in [5.74, 6) is 0.664. The van der Waals surface area contributed by atoms with E-state index in [-0.39, 0.29) is 5.41 Å². The number of fused-ring (bicyclic) bond motifs is 3. The third-order valence-corrected chi connectivity index (χ3v) is 10.5. The Morgan fingerprint density at radius 2 is 0.925 bits per heavy atom. The molecular weight excluding hydrogens is 643 g/mol. The molecule has 1 heterocycles. The summed E-state index contributed by atoms with van der Waals surface area (Å²) < 4.78 is 0. The van der Waals surface area contributed by atoms with E-state index in [2.05, 4.69) is 164 Å². The lowest BCUT2D eigenvalue weighted by atomic mass is 9.82. The molecule has 3 heteroatoms. The van der Waals surface area contributed by atoms with Crippen LogP contribution in [0, 0.1) is 6.57 Å². The van der Waals surface area contributed by atoms with Crippen molar-refractivity contribution < 1.29 is 0 Å². The molecule has 1 aromatic heterocycles. The van der Waals surface area contributed by atoms with Gasteiger partial charge in [-0.05, 0) is 92.0 Å². The van der Waals surface area contributed by atoms with Crippen LogP contribution in [0.4, 0.5) is 5.69 Å². The van der Waals surface area contributed by atoms with Crippen molar-refractivity contribution in [3.8, 4) is 78.4 Å². The summed E-state index contributed by atoms with van der Waals surface area (Å²) in [6.07, 6.45) is 0. The van der Waals surface area contributed by atoms with Gasteiger partial charge in [-0.15, -0.1) is 0 Å². The quantitative estimate of drug-likeness (QED) is 0.164. The summed E-state index contributed by atoms with van der Waals surface area (Å²) >= 11 is 0. The highest BCUT2D eigenvalue weighted by molar-refractivity contribution is 5.92. The monoisotopic (exact) mass is 677 g/mol. The maximum atomic E-state index is 7.91. The van der Waals surface area contributed by atoms with Crippen LogP contribution in [0.2, 0.25) is 0 Å². The standard InChI is InChI=1S/C50H35N3/c1-50(2)43-26-25-37(31-42(43)48-44(50)23-14-24-45(48)51-3)36-21-13-22-38(27-36)49-52-46(35-19-11-6-12-20-35)32-47(53-49)41-29-39(33-15-7-4-8-16-33)28-40(30-41)34-17-9-5-10-18-34/h4-32H,1-2H3. The predicted octanol–water partition coefficient (Wildman–Crippen LogP) is 13.3. The largest absolute Gasteiger partial charge is 0.238 e. The lowest BCUT2D eigenvalue weighted by Crippen LogP contribution is -2.14. The lowest BCUT2D eigenvalue weighted by molar-refractivity contribution is 0.660. The Hall–Kier alpha value is -6.89. The number of benzene rings is 7. The van der Waals surface area contributed by atoms with Crippen molar-refractivity contribution in [1.29, 1.82) is 0 Å². The van der Waals surface area contributed by atoms with Gasteiger partial charge in [-0.1, -0.05) is 153 Å². The van der Waals surface area contributed by atoms with Crippen molar-refractivity contribution in [2.24, 2.45) is 0 Å². The molecule has 0 spiro atoms. The fraction of sp³-hybridized carbons (Fsp3) is 0.0600. The Balaban J connectivity index is 1.20. The molecule has 0 saturated carbocycles. The molecule has 7 aromatic carbocycles. The molecule has 0 bridgehead atoms. The van der Waals surface area contributed by atoms with Crippen molar-refractivity contribution >= 4 is 5.69 Å². The van der Waals surface area contributed by atoms with Gasteiger partial charge in [-0.2, -0.15) is 0 Å². The minimum absolute atomic E-state index is 0.175. The van der Waals surface area contributed by atoms with E-state index >= 15 is 0 Å². The Morgan fingerprint density at radius 1 is 0.415 bits per heavy atom. The van der Waals surface area contributed by atoms with Gasteiger partial charge in [-0.3, -0.25) is 0 Å². The highest BCUT2D eigenvalue weighted by Crippen LogP contribution is 2.53. The second kappa shape index (κ2) is 13.0. The van der Waals surface area contributed by atoms with Crippen molar-refractivity contribution in [2.45, 2.75) is 19.3 Å². The maximum Gasteiger partial charge on any atom is 0.195 e. The topological polar surface area (TPSA) is 30.1 Å². The normalized spacial score (nSPS) is 12.5. The van der Waals surface area contributed by atoms with Crippen LogP contribution in [0.3, 0.4) is 0 Å². The van der Waals surface area contributed by atoms with Crippen LogP contribution in [0.5, 0.6) is 0 Å². The molecule has 0 radical (unpaired) electrons. The van der Waals surface area contributed by atoms with Gasteiger partial charge in [-0.25, -0.2) is 14.8 Å². The van der Waals surface area contributed by atoms with Gasteiger partial charge in [0.2, 0.25) is 0 Å². The predicted molar refractivity (Wildman–Crippen MR) is 218 cm³/mol. The zero-order valence-electron chi connectivity index (χ0n) is 29.6. The van der Waals surface area contributed by atoms with Crippen LogP contribution in [0.25, 0.3) is 83.3 Å². The van der Waals surface area contributed by atoms with Gasteiger partial charge in [0.05, 0.1) is 18.0 Å². The van der Waals surface area contributed by atoms with Crippen LogP contribution < -0.4 is 0 Å². The highest BCUT2D eigenvalue weighted by Gasteiger charge is 2.36. The number of nitrogens with zero attached hydrogens (tertiary/aromatic N) is 3. The zero-order chi connectivity index (χ0) is 35.9. The van der Waals surface area contributed by atoms with E-state index in [1.165, 1.54) is 11.1 Å². The molecule has 0 unspecified atom stereocenters. The van der Waals surface area contributed by atoms with Crippen LogP contribution in [-0.4, -0.2) is 9.97 Å². The summed E-state index contributed by atoms with van der Waals surface area (Å²) in [5.41, 5.74) is 16.6. The molecule has 0 fully saturated rings. The second-order valence-corrected chi connectivity index (χ2v) is 14.1. The van der Waals surface area contributed by atoms with Crippen molar-refractivity contribution in [3.63, 3.8) is 0 Å². The van der Waals surface area contributed by atoms with Crippen molar-refractivity contribution in [3.05, 3.63) is 198 Å². The molecule has 0 aliphatic heterocycles. The lowest BCUT2D eigenvalue weighted by Gasteiger charge is -2.21. The Kier molecular flexibility index (Phi) is 7.87. The average molecular weight is 678 g/mol. The number of hydrogen-bond acceptors (Lipinski definition) is 2. The number of rotatable bonds is 6. The minimum Gasteiger partial charge on any atom is -0.238 e. The van der Waals surface area contributed by atoms with E-state index in [9.17, 15) is 0 Å². The van der Waals surface area contributed by atoms with E-state index < -0.39 is 0 Å². The SMILES string of the molecule is [C-]#[N+]c1cccc2c1-c1cc(-c3cccc(-c4nc(-c5ccccc5)cc(-c5cc(-c6ccccc6)cc(-c6ccccc6)c5)n4)c3)ccc1C2(C)C. The van der Waals surface area contributed by atoms with Crippen LogP contribution in [-0.2, 0) is 5.41 Å². The fourth-order valence-electron chi connectivity index (χ4n) is 7.75. The van der Waals surface area contributed by atoms with E-state index in [0.29, 0.717) is 11.5 Å². The Morgan fingerprint density at radius 3 is 1.57 bits per heavy atom. The molecule has 1 aliphatic rings. The Bertz CT molecular complexity index is 2630. The average Bonchev–Trinajstić information content (AvgIpc) is 3.47. The molecular formula is C50H35N3. The molecule has 8 aromatic rings. The molecule has 0 atom stereocenters. The van der Waals surface area contributed by atoms with E-state index in [1.54, 1.807) is 0 Å². The molecule has 3 nitrogen and oxygen atoms in total. The first kappa shape index (κ1) is 32.0. The van der Waals surface area contributed by atoms with E-state index in [0.717, 1.165) is 72.6 Å². The van der Waals surface area contributed by atoms with Crippen LogP contribution in [0.1, 0.15) is 25.0 Å². The number of aromatic nitrogens is 2. The summed E-state index contributed by atoms with van der Waals surface area (Å²) in [5, 5.41) is 0. The molecule has 1 aliphatic carbocycles. The summed E-state index contributed by atoms with van der Waals surface area (Å²) in [6, 6.07) is 61.5. The van der Waals surface area contributed by atoms with Gasteiger partial charge in [0.15, 0.2) is 11.5 Å². The smallest absolute Gasteiger partial charge is 0.195 e. The molecule has 9 rings (SSSR count). The molecule has 0 saturated heterocycles. The number of hydrogen-bond donors (Lipinski definition) is 0. The third kappa shape index (κ3) is 5.81. The van der Waals surface area contributed by atoms with Crippen LogP contribution >= 0.6 is 0 Å². The second-order valence-electron chi connectivity index (χ2n) is 14.1. The maximum absolute atomic E-state index is 7.91. The summed E-state index contributed by atoms with van der Waals surface area (Å²) in [7, 11) is 0. The Labute approximate surface area is 310 Å². The minimum atomic E-state index is -0.175. The van der Waals surface area contributed by atoms with Crippen molar-refractivity contribution in [2.75, 3.05) is 0 Å². The zero-order valence-corrected chi connectivity index (χ0v) is 29.6.